The summed E-state index contributed by atoms with van der Waals surface area (Å²) in [5.41, 5.74) is -0.632. The topological polar surface area (TPSA) is 36.9 Å². The summed E-state index contributed by atoms with van der Waals surface area (Å²) in [5.74, 6) is 1.88. The Morgan fingerprint density at radius 2 is 0.725 bits per heavy atom. The predicted molar refractivity (Wildman–Crippen MR) is 195 cm³/mol. The van der Waals surface area contributed by atoms with E-state index in [0.29, 0.717) is 0 Å². The summed E-state index contributed by atoms with van der Waals surface area (Å²) in [6.07, 6.45) is 17.0. The van der Waals surface area contributed by atoms with Crippen LogP contribution in [-0.2, 0) is 18.9 Å². The first-order valence-electron chi connectivity index (χ1n) is 16.7. The highest BCUT2D eigenvalue weighted by molar-refractivity contribution is 9.26. The second-order valence-electron chi connectivity index (χ2n) is 10.9. The van der Waals surface area contributed by atoms with E-state index in [0.717, 1.165) is 63.6 Å². The Balaban J connectivity index is 5.08. The molecule has 0 N–H and O–H groups in total. The van der Waals surface area contributed by atoms with Crippen LogP contribution in [-0.4, -0.2) is 67.8 Å². The van der Waals surface area contributed by atoms with Crippen LogP contribution >= 0.6 is 41.2 Å². The van der Waals surface area contributed by atoms with Crippen LogP contribution in [0.25, 0.3) is 0 Å². The van der Waals surface area contributed by atoms with Gasteiger partial charge in [-0.15, -0.1) is 0 Å². The van der Waals surface area contributed by atoms with E-state index in [1.165, 1.54) is 76.3 Å². The number of ether oxygens (including phenoxy) is 4. The summed E-state index contributed by atoms with van der Waals surface area (Å²) >= 11 is 0. The van der Waals surface area contributed by atoms with Gasteiger partial charge in [0.25, 0.3) is 0 Å². The lowest BCUT2D eigenvalue weighted by Gasteiger charge is -2.34. The van der Waals surface area contributed by atoms with Gasteiger partial charge in [-0.3, -0.25) is 0 Å². The van der Waals surface area contributed by atoms with Gasteiger partial charge in [-0.2, -0.15) is 0 Å². The fourth-order valence-electron chi connectivity index (χ4n) is 4.20. The molecule has 0 saturated carbocycles. The molecule has 0 bridgehead atoms. The van der Waals surface area contributed by atoms with Gasteiger partial charge in [-0.25, -0.2) is 0 Å². The van der Waals surface area contributed by atoms with Crippen molar-refractivity contribution < 1.29 is 18.9 Å². The molecular formula is C30H66O4S4Si2. The molecule has 0 aliphatic rings. The Labute approximate surface area is 270 Å². The molecule has 0 unspecified atom stereocenters. The highest BCUT2D eigenvalue weighted by atomic mass is 33.7. The van der Waals surface area contributed by atoms with Crippen molar-refractivity contribution in [3.05, 3.63) is 0 Å². The molecule has 0 heterocycles. The van der Waals surface area contributed by atoms with E-state index in [2.05, 4.69) is 41.5 Å². The third kappa shape index (κ3) is 23.1. The lowest BCUT2D eigenvalue weighted by Crippen LogP contribution is -2.45. The van der Waals surface area contributed by atoms with Gasteiger partial charge in [-0.1, -0.05) is 139 Å². The molecule has 0 aromatic heterocycles. The number of unbranched alkanes of at least 4 members (excludes halogenated alkanes) is 8. The molecular weight excluding hydrogens is 609 g/mol. The van der Waals surface area contributed by atoms with Gasteiger partial charge in [0.1, 0.15) is 0 Å². The normalized spacial score (nSPS) is 13.1. The lowest BCUT2D eigenvalue weighted by atomic mass is 10.3. The third-order valence-electron chi connectivity index (χ3n) is 6.96. The van der Waals surface area contributed by atoms with Crippen molar-refractivity contribution in [2.45, 2.75) is 154 Å². The average molecular weight is 675 g/mol. The smallest absolute Gasteiger partial charge is 0.154 e. The molecule has 40 heavy (non-hydrogen) atoms. The Morgan fingerprint density at radius 3 is 1.00 bits per heavy atom. The maximum Gasteiger partial charge on any atom is 0.154 e. The zero-order valence-electron chi connectivity index (χ0n) is 27.2. The molecule has 0 aliphatic heterocycles. The second-order valence-corrected chi connectivity index (χ2v) is 21.5. The van der Waals surface area contributed by atoms with Gasteiger partial charge in [-0.05, 0) is 45.3 Å². The highest BCUT2D eigenvalue weighted by Crippen LogP contribution is 2.46. The summed E-state index contributed by atoms with van der Waals surface area (Å²) in [7, 11) is 6.68. The predicted octanol–water partition coefficient (Wildman–Crippen LogP) is 9.79. The van der Waals surface area contributed by atoms with Gasteiger partial charge >= 0.3 is 0 Å². The maximum atomic E-state index is 6.59. The molecule has 0 saturated heterocycles. The van der Waals surface area contributed by atoms with Gasteiger partial charge in [0.05, 0.1) is 30.5 Å². The van der Waals surface area contributed by atoms with E-state index in [-0.39, 0.29) is 10.8 Å². The van der Waals surface area contributed by atoms with Crippen molar-refractivity contribution in [2.24, 2.45) is 0 Å². The molecule has 10 heteroatoms. The molecule has 0 rings (SSSR count). The molecule has 0 aliphatic carbocycles. The summed E-state index contributed by atoms with van der Waals surface area (Å²) < 4.78 is 26.3. The van der Waals surface area contributed by atoms with Crippen molar-refractivity contribution in [3.63, 3.8) is 0 Å². The minimum absolute atomic E-state index is 0.316. The molecule has 242 valence electrons. The fraction of sp³-hybridized carbons (Fsp3) is 1.00. The molecule has 0 aromatic carbocycles. The molecule has 0 aromatic rings. The summed E-state index contributed by atoms with van der Waals surface area (Å²) in [6, 6.07) is 2.63. The molecule has 0 spiro atoms. The maximum absolute atomic E-state index is 6.59. The van der Waals surface area contributed by atoms with E-state index in [9.17, 15) is 0 Å². The van der Waals surface area contributed by atoms with E-state index in [1.807, 2.05) is 41.2 Å². The molecule has 0 fully saturated rings. The Hall–Kier alpha value is 1.67. The number of hydrogen-bond acceptors (Lipinski definition) is 8. The van der Waals surface area contributed by atoms with Crippen LogP contribution < -0.4 is 0 Å². The van der Waals surface area contributed by atoms with Crippen molar-refractivity contribution in [1.29, 1.82) is 0 Å². The minimum atomic E-state index is -0.487. The molecule has 0 amide bonds. The number of hydrogen-bond donors (Lipinski definition) is 0. The SMILES string of the molecule is CCCCC[SiH2]C(CSSSSCC(OCCCC)(OCCCC)[SiH2]CCCCC)(OCCCC)OCCCC. The first kappa shape index (κ1) is 41.7. The first-order valence-corrected chi connectivity index (χ1v) is 25.3. The summed E-state index contributed by atoms with van der Waals surface area (Å²) in [6.45, 7) is 16.8. The van der Waals surface area contributed by atoms with Crippen LogP contribution in [0.4, 0.5) is 0 Å². The second kappa shape index (κ2) is 30.7. The Kier molecular flexibility index (Phi) is 32.0. The zero-order valence-corrected chi connectivity index (χ0v) is 33.3. The van der Waals surface area contributed by atoms with Gasteiger partial charge < -0.3 is 18.9 Å². The van der Waals surface area contributed by atoms with Gasteiger partial charge in [0, 0.05) is 26.4 Å². The van der Waals surface area contributed by atoms with Crippen LogP contribution in [0.5, 0.6) is 0 Å². The monoisotopic (exact) mass is 674 g/mol. The quantitative estimate of drug-likeness (QED) is 0.0295. The minimum Gasteiger partial charge on any atom is -0.354 e. The van der Waals surface area contributed by atoms with Crippen molar-refractivity contribution in [2.75, 3.05) is 37.9 Å². The molecule has 0 atom stereocenters. The van der Waals surface area contributed by atoms with Gasteiger partial charge in [0.15, 0.2) is 10.8 Å². The van der Waals surface area contributed by atoms with Crippen LogP contribution in [0.2, 0.25) is 12.1 Å². The summed E-state index contributed by atoms with van der Waals surface area (Å²) in [5, 5.41) is 0. The van der Waals surface area contributed by atoms with Crippen LogP contribution in [0, 0.1) is 0 Å². The van der Waals surface area contributed by atoms with Crippen molar-refractivity contribution in [3.8, 4) is 0 Å². The Bertz CT molecular complexity index is 460. The molecule has 0 radical (unpaired) electrons. The lowest BCUT2D eigenvalue weighted by molar-refractivity contribution is -0.167. The van der Waals surface area contributed by atoms with E-state index in [1.54, 1.807) is 0 Å². The average Bonchev–Trinajstić information content (AvgIpc) is 2.96. The zero-order chi connectivity index (χ0) is 29.6. The van der Waals surface area contributed by atoms with Gasteiger partial charge in [0.2, 0.25) is 0 Å². The van der Waals surface area contributed by atoms with Crippen LogP contribution in [0.1, 0.15) is 131 Å². The van der Waals surface area contributed by atoms with E-state index in [4.69, 9.17) is 18.9 Å². The van der Waals surface area contributed by atoms with E-state index >= 15 is 0 Å². The summed E-state index contributed by atoms with van der Waals surface area (Å²) in [4.78, 5) is 0. The van der Waals surface area contributed by atoms with E-state index < -0.39 is 19.0 Å². The fourth-order valence-corrected chi connectivity index (χ4v) is 16.5. The Morgan fingerprint density at radius 1 is 0.425 bits per heavy atom. The van der Waals surface area contributed by atoms with Crippen LogP contribution in [0.15, 0.2) is 0 Å². The van der Waals surface area contributed by atoms with Crippen molar-refractivity contribution in [1.82, 2.24) is 0 Å². The molecule has 4 nitrogen and oxygen atoms in total. The third-order valence-corrected chi connectivity index (χ3v) is 18.8. The largest absolute Gasteiger partial charge is 0.354 e. The first-order chi connectivity index (χ1) is 19.6. The number of rotatable bonds is 33. The van der Waals surface area contributed by atoms with Crippen LogP contribution in [0.3, 0.4) is 0 Å². The van der Waals surface area contributed by atoms with Crippen molar-refractivity contribution >= 4 is 60.3 Å². The highest BCUT2D eigenvalue weighted by Gasteiger charge is 2.33. The standard InChI is InChI=1S/C30H66O4S4Si2/c1-7-13-19-25-39-29(31-21-15-9-3,32-22-16-10-4)27-35-37-38-36-28-30(33-23-17-11-5,34-24-18-12-6)40-26-20-14-8-2/h7-28,39-40H2,1-6H3.